The van der Waals surface area contributed by atoms with E-state index in [4.69, 9.17) is 0 Å². The molecule has 22 heavy (non-hydrogen) atoms. The number of amides is 3. The first-order chi connectivity index (χ1) is 10.6. The van der Waals surface area contributed by atoms with Crippen LogP contribution in [0.2, 0.25) is 0 Å². The van der Waals surface area contributed by atoms with Gasteiger partial charge in [0, 0.05) is 10.7 Å². The van der Waals surface area contributed by atoms with Crippen LogP contribution < -0.4 is 5.32 Å². The second kappa shape index (κ2) is 4.91. The third-order valence-corrected chi connectivity index (χ3v) is 5.13. The molecule has 1 N–H and O–H groups in total. The number of fused-ring (bicyclic) bond motifs is 1. The molecule has 6 heteroatoms. The Bertz CT molecular complexity index is 794. The first-order valence-electron chi connectivity index (χ1n) is 7.28. The second-order valence-corrected chi connectivity index (χ2v) is 6.64. The summed E-state index contributed by atoms with van der Waals surface area (Å²) in [5.74, 6) is -0.809. The van der Waals surface area contributed by atoms with E-state index in [1.807, 2.05) is 23.6 Å². The van der Waals surface area contributed by atoms with Gasteiger partial charge in [0.2, 0.25) is 11.8 Å². The Morgan fingerprint density at radius 2 is 2.05 bits per heavy atom. The third kappa shape index (κ3) is 2.11. The highest BCUT2D eigenvalue weighted by molar-refractivity contribution is 7.17. The standard InChI is InChI=1S/C16H14N2O3S/c19-13-8-12(15(20)17-13)18(10-4-5-10)16(21)11-3-1-2-9-6-7-22-14(9)11/h1-3,6-7,10,12H,4-5,8H2,(H,17,19,20)/t12-/m1/s1. The Kier molecular flexibility index (Phi) is 3.00. The number of thiophene rings is 1. The maximum Gasteiger partial charge on any atom is 0.256 e. The van der Waals surface area contributed by atoms with Crippen LogP contribution in [0.25, 0.3) is 10.1 Å². The van der Waals surface area contributed by atoms with Gasteiger partial charge in [-0.05, 0) is 35.7 Å². The minimum atomic E-state index is -0.664. The van der Waals surface area contributed by atoms with Crippen molar-refractivity contribution in [1.82, 2.24) is 10.2 Å². The Hall–Kier alpha value is -2.21. The minimum Gasteiger partial charge on any atom is -0.323 e. The molecule has 3 amide bonds. The molecule has 0 unspecified atom stereocenters. The maximum absolute atomic E-state index is 13.0. The zero-order valence-corrected chi connectivity index (χ0v) is 12.6. The van der Waals surface area contributed by atoms with Gasteiger partial charge in [-0.1, -0.05) is 12.1 Å². The van der Waals surface area contributed by atoms with Gasteiger partial charge in [-0.2, -0.15) is 0 Å². The van der Waals surface area contributed by atoms with Crippen LogP contribution in [0.3, 0.4) is 0 Å². The van der Waals surface area contributed by atoms with Crippen molar-refractivity contribution in [3.05, 3.63) is 35.2 Å². The van der Waals surface area contributed by atoms with Crippen LogP contribution in [0, 0.1) is 0 Å². The molecular weight excluding hydrogens is 300 g/mol. The van der Waals surface area contributed by atoms with E-state index in [0.29, 0.717) is 5.56 Å². The second-order valence-electron chi connectivity index (χ2n) is 5.72. The smallest absolute Gasteiger partial charge is 0.256 e. The Balaban J connectivity index is 1.74. The molecule has 112 valence electrons. The SMILES string of the molecule is O=C1C[C@@H](N(C(=O)c2cccc3ccsc23)C2CC2)C(=O)N1. The van der Waals surface area contributed by atoms with Crippen LogP contribution in [0.15, 0.2) is 29.6 Å². The first kappa shape index (κ1) is 13.5. The van der Waals surface area contributed by atoms with Gasteiger partial charge in [0.1, 0.15) is 6.04 Å². The van der Waals surface area contributed by atoms with Crippen molar-refractivity contribution in [2.75, 3.05) is 0 Å². The van der Waals surface area contributed by atoms with E-state index < -0.39 is 6.04 Å². The number of nitrogens with one attached hydrogen (secondary N) is 1. The Morgan fingerprint density at radius 3 is 2.73 bits per heavy atom. The monoisotopic (exact) mass is 314 g/mol. The average Bonchev–Trinajstić information content (AvgIpc) is 3.10. The summed E-state index contributed by atoms with van der Waals surface area (Å²) in [7, 11) is 0. The van der Waals surface area contributed by atoms with Crippen molar-refractivity contribution in [2.45, 2.75) is 31.3 Å². The van der Waals surface area contributed by atoms with Gasteiger partial charge in [0.15, 0.2) is 0 Å². The summed E-state index contributed by atoms with van der Waals surface area (Å²) in [4.78, 5) is 38.1. The Labute approximate surface area is 130 Å². The van der Waals surface area contributed by atoms with Crippen LogP contribution in [0.4, 0.5) is 0 Å². The fraction of sp³-hybridized carbons (Fsp3) is 0.312. The lowest BCUT2D eigenvalue weighted by molar-refractivity contribution is -0.126. The lowest BCUT2D eigenvalue weighted by atomic mass is 10.1. The van der Waals surface area contributed by atoms with E-state index >= 15 is 0 Å². The molecule has 2 aliphatic rings. The predicted molar refractivity (Wildman–Crippen MR) is 82.6 cm³/mol. The number of rotatable bonds is 3. The van der Waals surface area contributed by atoms with E-state index in [9.17, 15) is 14.4 Å². The fourth-order valence-corrected chi connectivity index (χ4v) is 3.89. The highest BCUT2D eigenvalue weighted by atomic mass is 32.1. The van der Waals surface area contributed by atoms with Gasteiger partial charge in [-0.25, -0.2) is 0 Å². The number of hydrogen-bond donors (Lipinski definition) is 1. The summed E-state index contributed by atoms with van der Waals surface area (Å²) in [6.07, 6.45) is 1.86. The van der Waals surface area contributed by atoms with Gasteiger partial charge in [-0.3, -0.25) is 19.7 Å². The molecule has 1 saturated carbocycles. The molecule has 1 aliphatic heterocycles. The van der Waals surface area contributed by atoms with Crippen LogP contribution in [-0.2, 0) is 9.59 Å². The molecule has 0 spiro atoms. The van der Waals surface area contributed by atoms with Crippen molar-refractivity contribution in [1.29, 1.82) is 0 Å². The number of nitrogens with zero attached hydrogens (tertiary/aromatic N) is 1. The summed E-state index contributed by atoms with van der Waals surface area (Å²) in [5.41, 5.74) is 0.617. The summed E-state index contributed by atoms with van der Waals surface area (Å²) >= 11 is 1.52. The predicted octanol–water partition coefficient (Wildman–Crippen LogP) is 1.92. The van der Waals surface area contributed by atoms with Crippen LogP contribution in [-0.4, -0.2) is 34.7 Å². The van der Waals surface area contributed by atoms with Crippen molar-refractivity contribution < 1.29 is 14.4 Å². The van der Waals surface area contributed by atoms with Gasteiger partial charge < -0.3 is 4.90 Å². The lowest BCUT2D eigenvalue weighted by Gasteiger charge is -2.27. The number of carbonyl (C=O) groups is 3. The number of hydrogen-bond acceptors (Lipinski definition) is 4. The van der Waals surface area contributed by atoms with E-state index in [1.165, 1.54) is 11.3 Å². The first-order valence-corrected chi connectivity index (χ1v) is 8.15. The van der Waals surface area contributed by atoms with Gasteiger partial charge >= 0.3 is 0 Å². The number of imide groups is 1. The zero-order chi connectivity index (χ0) is 15.3. The molecule has 2 heterocycles. The fourth-order valence-electron chi connectivity index (χ4n) is 2.98. The number of benzene rings is 1. The average molecular weight is 314 g/mol. The van der Waals surface area contributed by atoms with Crippen LogP contribution in [0.5, 0.6) is 0 Å². The molecule has 1 aromatic heterocycles. The minimum absolute atomic E-state index is 0.0709. The van der Waals surface area contributed by atoms with E-state index in [0.717, 1.165) is 22.9 Å². The highest BCUT2D eigenvalue weighted by Crippen LogP contribution is 2.34. The largest absolute Gasteiger partial charge is 0.323 e. The van der Waals surface area contributed by atoms with E-state index in [2.05, 4.69) is 5.32 Å². The van der Waals surface area contributed by atoms with Crippen molar-refractivity contribution in [3.8, 4) is 0 Å². The molecule has 1 saturated heterocycles. The molecule has 2 fully saturated rings. The molecule has 0 radical (unpaired) electrons. The van der Waals surface area contributed by atoms with Crippen molar-refractivity contribution >= 4 is 39.1 Å². The lowest BCUT2D eigenvalue weighted by Crippen LogP contribution is -2.45. The van der Waals surface area contributed by atoms with E-state index in [-0.39, 0.29) is 30.2 Å². The van der Waals surface area contributed by atoms with Crippen molar-refractivity contribution in [2.24, 2.45) is 0 Å². The number of carbonyl (C=O) groups excluding carboxylic acids is 3. The summed E-state index contributed by atoms with van der Waals surface area (Å²) in [6, 6.07) is 7.00. The van der Waals surface area contributed by atoms with Gasteiger partial charge in [0.25, 0.3) is 5.91 Å². The zero-order valence-electron chi connectivity index (χ0n) is 11.7. The molecule has 4 rings (SSSR count). The van der Waals surface area contributed by atoms with Crippen LogP contribution >= 0.6 is 11.3 Å². The molecule has 0 bridgehead atoms. The van der Waals surface area contributed by atoms with Gasteiger partial charge in [0.05, 0.1) is 12.0 Å². The molecule has 1 atom stereocenters. The topological polar surface area (TPSA) is 66.5 Å². The maximum atomic E-state index is 13.0. The summed E-state index contributed by atoms with van der Waals surface area (Å²) in [6.45, 7) is 0. The Morgan fingerprint density at radius 1 is 1.23 bits per heavy atom. The molecule has 2 aromatic rings. The molecular formula is C16H14N2O3S. The summed E-state index contributed by atoms with van der Waals surface area (Å²) in [5, 5.41) is 5.28. The molecule has 1 aromatic carbocycles. The highest BCUT2D eigenvalue weighted by Gasteiger charge is 2.45. The summed E-state index contributed by atoms with van der Waals surface area (Å²) < 4.78 is 0.933. The molecule has 5 nitrogen and oxygen atoms in total. The van der Waals surface area contributed by atoms with E-state index in [1.54, 1.807) is 11.0 Å². The quantitative estimate of drug-likeness (QED) is 0.880. The van der Waals surface area contributed by atoms with Gasteiger partial charge in [-0.15, -0.1) is 11.3 Å². The van der Waals surface area contributed by atoms with Crippen molar-refractivity contribution in [3.63, 3.8) is 0 Å². The van der Waals surface area contributed by atoms with Crippen LogP contribution in [0.1, 0.15) is 29.6 Å². The molecule has 1 aliphatic carbocycles. The normalized spacial score (nSPS) is 21.2. The third-order valence-electron chi connectivity index (χ3n) is 4.16.